The van der Waals surface area contributed by atoms with Gasteiger partial charge in [-0.15, -0.1) is 0 Å². The molecule has 17 heavy (non-hydrogen) atoms. The van der Waals surface area contributed by atoms with Crippen LogP contribution in [-0.2, 0) is 9.59 Å². The summed E-state index contributed by atoms with van der Waals surface area (Å²) in [5.74, 6) is 0.965. The predicted molar refractivity (Wildman–Crippen MR) is 63.4 cm³/mol. The minimum atomic E-state index is 0.0679. The fourth-order valence-corrected chi connectivity index (χ4v) is 2.78. The second kappa shape index (κ2) is 5.63. The monoisotopic (exact) mass is 239 g/mol. The SMILES string of the molecule is O=C1CCC(C(=O)N2CCC(CO)CC2)CC1. The zero-order valence-electron chi connectivity index (χ0n) is 10.2. The Hall–Kier alpha value is -0.900. The number of rotatable bonds is 2. The Morgan fingerprint density at radius 3 is 2.29 bits per heavy atom. The minimum absolute atomic E-state index is 0.0679. The van der Waals surface area contributed by atoms with Gasteiger partial charge in [0.15, 0.2) is 0 Å². The van der Waals surface area contributed by atoms with Crippen molar-refractivity contribution in [3.8, 4) is 0 Å². The molecule has 1 saturated heterocycles. The highest BCUT2D eigenvalue weighted by Crippen LogP contribution is 2.26. The van der Waals surface area contributed by atoms with Gasteiger partial charge in [0, 0.05) is 38.5 Å². The Labute approximate surface area is 102 Å². The highest BCUT2D eigenvalue weighted by Gasteiger charge is 2.30. The number of aliphatic hydroxyl groups is 1. The number of Topliss-reactive ketones (excluding diaryl/α,β-unsaturated/α-hetero) is 1. The summed E-state index contributed by atoms with van der Waals surface area (Å²) >= 11 is 0. The third-order valence-electron chi connectivity index (χ3n) is 4.08. The smallest absolute Gasteiger partial charge is 0.225 e. The number of piperidine rings is 1. The number of aliphatic hydroxyl groups excluding tert-OH is 1. The molecule has 4 heteroatoms. The second-order valence-electron chi connectivity index (χ2n) is 5.26. The fraction of sp³-hybridized carbons (Fsp3) is 0.846. The molecule has 1 saturated carbocycles. The highest BCUT2D eigenvalue weighted by atomic mass is 16.3. The van der Waals surface area contributed by atoms with Crippen molar-refractivity contribution >= 4 is 11.7 Å². The van der Waals surface area contributed by atoms with Gasteiger partial charge in [0.25, 0.3) is 0 Å². The molecule has 4 nitrogen and oxygen atoms in total. The van der Waals surface area contributed by atoms with Crippen LogP contribution in [0.1, 0.15) is 38.5 Å². The number of hydrogen-bond acceptors (Lipinski definition) is 3. The Morgan fingerprint density at radius 1 is 1.18 bits per heavy atom. The van der Waals surface area contributed by atoms with E-state index < -0.39 is 0 Å². The van der Waals surface area contributed by atoms with E-state index in [0.717, 1.165) is 38.8 Å². The van der Waals surface area contributed by atoms with E-state index in [-0.39, 0.29) is 18.4 Å². The van der Waals surface area contributed by atoms with Gasteiger partial charge in [0.2, 0.25) is 5.91 Å². The van der Waals surface area contributed by atoms with Crippen LogP contribution in [0.2, 0.25) is 0 Å². The Balaban J connectivity index is 1.82. The van der Waals surface area contributed by atoms with E-state index in [0.29, 0.717) is 24.5 Å². The maximum Gasteiger partial charge on any atom is 0.225 e. The molecule has 1 N–H and O–H groups in total. The van der Waals surface area contributed by atoms with Crippen LogP contribution in [-0.4, -0.2) is 41.4 Å². The maximum absolute atomic E-state index is 12.2. The third kappa shape index (κ3) is 3.06. The van der Waals surface area contributed by atoms with Crippen molar-refractivity contribution < 1.29 is 14.7 Å². The summed E-state index contributed by atoms with van der Waals surface area (Å²) in [5, 5.41) is 9.05. The molecular formula is C13H21NO3. The van der Waals surface area contributed by atoms with Crippen LogP contribution in [0.25, 0.3) is 0 Å². The van der Waals surface area contributed by atoms with Gasteiger partial charge < -0.3 is 10.0 Å². The second-order valence-corrected chi connectivity index (χ2v) is 5.26. The molecule has 1 amide bonds. The molecular weight excluding hydrogens is 218 g/mol. The molecule has 0 unspecified atom stereocenters. The normalized spacial score (nSPS) is 24.1. The number of ketones is 1. The van der Waals surface area contributed by atoms with E-state index >= 15 is 0 Å². The van der Waals surface area contributed by atoms with Gasteiger partial charge in [-0.05, 0) is 31.6 Å². The molecule has 1 aliphatic carbocycles. The molecule has 0 spiro atoms. The number of carbonyl (C=O) groups is 2. The van der Waals surface area contributed by atoms with E-state index in [9.17, 15) is 9.59 Å². The van der Waals surface area contributed by atoms with E-state index in [2.05, 4.69) is 0 Å². The summed E-state index contributed by atoms with van der Waals surface area (Å²) in [4.78, 5) is 25.3. The van der Waals surface area contributed by atoms with Gasteiger partial charge in [0.05, 0.1) is 0 Å². The first-order valence-corrected chi connectivity index (χ1v) is 6.62. The third-order valence-corrected chi connectivity index (χ3v) is 4.08. The topological polar surface area (TPSA) is 57.6 Å². The van der Waals surface area contributed by atoms with Gasteiger partial charge in [-0.2, -0.15) is 0 Å². The molecule has 0 aromatic rings. The van der Waals surface area contributed by atoms with Gasteiger partial charge >= 0.3 is 0 Å². The molecule has 0 aromatic carbocycles. The highest BCUT2D eigenvalue weighted by molar-refractivity contribution is 5.84. The standard InChI is InChI=1S/C13H21NO3/c15-9-10-5-7-14(8-6-10)13(17)11-1-3-12(16)4-2-11/h10-11,15H,1-9H2. The van der Waals surface area contributed by atoms with E-state index in [1.165, 1.54) is 0 Å². The first-order chi connectivity index (χ1) is 8.20. The van der Waals surface area contributed by atoms with Crippen LogP contribution in [0.3, 0.4) is 0 Å². The zero-order chi connectivity index (χ0) is 12.3. The molecule has 0 atom stereocenters. The van der Waals surface area contributed by atoms with Gasteiger partial charge in [-0.1, -0.05) is 0 Å². The zero-order valence-corrected chi connectivity index (χ0v) is 10.2. The van der Waals surface area contributed by atoms with Crippen molar-refractivity contribution in [1.29, 1.82) is 0 Å². The molecule has 0 aromatic heterocycles. The van der Waals surface area contributed by atoms with Gasteiger partial charge in [-0.25, -0.2) is 0 Å². The van der Waals surface area contributed by atoms with Crippen molar-refractivity contribution in [2.24, 2.45) is 11.8 Å². The summed E-state index contributed by atoms with van der Waals surface area (Å²) < 4.78 is 0. The lowest BCUT2D eigenvalue weighted by atomic mass is 9.86. The molecule has 2 aliphatic rings. The number of likely N-dealkylation sites (tertiary alicyclic amines) is 1. The first kappa shape index (κ1) is 12.6. The van der Waals surface area contributed by atoms with Crippen molar-refractivity contribution in [1.82, 2.24) is 4.90 Å². The number of amides is 1. The Bertz CT molecular complexity index is 285. The van der Waals surface area contributed by atoms with Crippen LogP contribution in [0.5, 0.6) is 0 Å². The quantitative estimate of drug-likeness (QED) is 0.781. The first-order valence-electron chi connectivity index (χ1n) is 6.62. The van der Waals surface area contributed by atoms with Gasteiger partial charge in [0.1, 0.15) is 5.78 Å². The summed E-state index contributed by atoms with van der Waals surface area (Å²) in [6.45, 7) is 1.78. The Morgan fingerprint density at radius 2 is 1.76 bits per heavy atom. The lowest BCUT2D eigenvalue weighted by molar-refractivity contribution is -0.139. The number of carbonyl (C=O) groups excluding carboxylic acids is 2. The van der Waals surface area contributed by atoms with Crippen LogP contribution < -0.4 is 0 Å². The molecule has 1 heterocycles. The van der Waals surface area contributed by atoms with Crippen LogP contribution in [0, 0.1) is 11.8 Å². The van der Waals surface area contributed by atoms with Crippen molar-refractivity contribution in [2.75, 3.05) is 19.7 Å². The maximum atomic E-state index is 12.2. The molecule has 2 fully saturated rings. The Kier molecular flexibility index (Phi) is 4.15. The number of nitrogens with zero attached hydrogens (tertiary/aromatic N) is 1. The van der Waals surface area contributed by atoms with Crippen LogP contribution >= 0.6 is 0 Å². The fourth-order valence-electron chi connectivity index (χ4n) is 2.78. The molecule has 1 aliphatic heterocycles. The minimum Gasteiger partial charge on any atom is -0.396 e. The predicted octanol–water partition coefficient (Wildman–Crippen LogP) is 0.977. The van der Waals surface area contributed by atoms with E-state index in [1.54, 1.807) is 0 Å². The van der Waals surface area contributed by atoms with Crippen LogP contribution in [0.15, 0.2) is 0 Å². The van der Waals surface area contributed by atoms with E-state index in [1.807, 2.05) is 4.90 Å². The van der Waals surface area contributed by atoms with Crippen LogP contribution in [0.4, 0.5) is 0 Å². The summed E-state index contributed by atoms with van der Waals surface area (Å²) in [5.41, 5.74) is 0. The molecule has 2 rings (SSSR count). The largest absolute Gasteiger partial charge is 0.396 e. The number of hydrogen-bond donors (Lipinski definition) is 1. The summed E-state index contributed by atoms with van der Waals surface area (Å²) in [6.07, 6.45) is 4.43. The summed E-state index contributed by atoms with van der Waals surface area (Å²) in [6, 6.07) is 0. The molecule has 0 radical (unpaired) electrons. The van der Waals surface area contributed by atoms with E-state index in [4.69, 9.17) is 5.11 Å². The average molecular weight is 239 g/mol. The van der Waals surface area contributed by atoms with Crippen molar-refractivity contribution in [3.05, 3.63) is 0 Å². The average Bonchev–Trinajstić information content (AvgIpc) is 2.39. The summed E-state index contributed by atoms with van der Waals surface area (Å²) in [7, 11) is 0. The lowest BCUT2D eigenvalue weighted by Gasteiger charge is -2.34. The van der Waals surface area contributed by atoms with Crippen molar-refractivity contribution in [3.63, 3.8) is 0 Å². The van der Waals surface area contributed by atoms with Gasteiger partial charge in [-0.3, -0.25) is 9.59 Å². The molecule has 0 bridgehead atoms. The van der Waals surface area contributed by atoms with Crippen molar-refractivity contribution in [2.45, 2.75) is 38.5 Å². The molecule has 96 valence electrons. The lowest BCUT2D eigenvalue weighted by Crippen LogP contribution is -2.43.